The summed E-state index contributed by atoms with van der Waals surface area (Å²) in [5, 5.41) is 19.3. The second-order valence-electron chi connectivity index (χ2n) is 6.60. The second-order valence-corrected chi connectivity index (χ2v) is 6.60. The van der Waals surface area contributed by atoms with E-state index in [1.54, 1.807) is 6.07 Å². The summed E-state index contributed by atoms with van der Waals surface area (Å²) in [6.45, 7) is 8.59. The Kier molecular flexibility index (Phi) is 4.94. The van der Waals surface area contributed by atoms with Crippen molar-refractivity contribution in [2.45, 2.75) is 39.7 Å². The van der Waals surface area contributed by atoms with Crippen molar-refractivity contribution in [3.8, 4) is 5.75 Å². The van der Waals surface area contributed by atoms with Crippen LogP contribution < -0.4 is 10.2 Å². The molecule has 0 bridgehead atoms. The molecular formula is C18H23BO3. The Labute approximate surface area is 132 Å². The van der Waals surface area contributed by atoms with E-state index in [4.69, 9.17) is 4.74 Å². The quantitative estimate of drug-likeness (QED) is 0.853. The van der Waals surface area contributed by atoms with Crippen LogP contribution in [0.25, 0.3) is 0 Å². The lowest BCUT2D eigenvalue weighted by atomic mass is 9.69. The van der Waals surface area contributed by atoms with E-state index in [0.29, 0.717) is 17.8 Å². The van der Waals surface area contributed by atoms with Crippen LogP contribution in [-0.4, -0.2) is 17.2 Å². The van der Waals surface area contributed by atoms with E-state index in [0.717, 1.165) is 16.7 Å². The van der Waals surface area contributed by atoms with Gasteiger partial charge in [-0.3, -0.25) is 0 Å². The van der Waals surface area contributed by atoms with Crippen molar-refractivity contribution in [3.05, 3.63) is 59.2 Å². The lowest BCUT2D eigenvalue weighted by molar-refractivity contribution is 0.304. The Balaban J connectivity index is 2.31. The first-order valence-corrected chi connectivity index (χ1v) is 7.47. The molecular weight excluding hydrogens is 275 g/mol. The fraction of sp³-hybridized carbons (Fsp3) is 0.333. The minimum absolute atomic E-state index is 0.165. The third kappa shape index (κ3) is 3.90. The maximum absolute atomic E-state index is 9.67. The molecule has 0 spiro atoms. The lowest BCUT2D eigenvalue weighted by Gasteiger charge is -2.25. The molecule has 0 fully saturated rings. The summed E-state index contributed by atoms with van der Waals surface area (Å²) in [5.74, 6) is 0.681. The van der Waals surface area contributed by atoms with Crippen molar-refractivity contribution in [1.82, 2.24) is 0 Å². The van der Waals surface area contributed by atoms with Crippen molar-refractivity contribution in [1.29, 1.82) is 0 Å². The molecule has 0 saturated heterocycles. The summed E-state index contributed by atoms with van der Waals surface area (Å²) in [6.07, 6.45) is 0. The minimum atomic E-state index is -1.51. The molecule has 22 heavy (non-hydrogen) atoms. The Morgan fingerprint density at radius 1 is 1.05 bits per heavy atom. The smallest absolute Gasteiger partial charge is 0.488 e. The second kappa shape index (κ2) is 6.55. The van der Waals surface area contributed by atoms with E-state index >= 15 is 0 Å². The van der Waals surface area contributed by atoms with Crippen molar-refractivity contribution in [3.63, 3.8) is 0 Å². The van der Waals surface area contributed by atoms with Gasteiger partial charge in [-0.25, -0.2) is 0 Å². The van der Waals surface area contributed by atoms with Crippen LogP contribution in [0.5, 0.6) is 5.75 Å². The monoisotopic (exact) mass is 298 g/mol. The predicted molar refractivity (Wildman–Crippen MR) is 90.5 cm³/mol. The van der Waals surface area contributed by atoms with E-state index in [1.807, 2.05) is 43.3 Å². The van der Waals surface area contributed by atoms with Crippen LogP contribution in [0.4, 0.5) is 0 Å². The average Bonchev–Trinajstić information content (AvgIpc) is 2.45. The summed E-state index contributed by atoms with van der Waals surface area (Å²) in [6, 6.07) is 13.6. The molecule has 116 valence electrons. The van der Waals surface area contributed by atoms with E-state index in [-0.39, 0.29) is 5.41 Å². The molecule has 2 rings (SSSR count). The van der Waals surface area contributed by atoms with Crippen molar-refractivity contribution in [2.75, 3.05) is 0 Å². The molecule has 0 aliphatic heterocycles. The van der Waals surface area contributed by atoms with Gasteiger partial charge in [-0.05, 0) is 40.6 Å². The first kappa shape index (κ1) is 16.6. The Bertz CT molecular complexity index is 631. The third-order valence-electron chi connectivity index (χ3n) is 3.67. The number of ether oxygens (including phenoxy) is 1. The summed E-state index contributed by atoms with van der Waals surface area (Å²) >= 11 is 0. The zero-order chi connectivity index (χ0) is 16.3. The van der Waals surface area contributed by atoms with Gasteiger partial charge >= 0.3 is 7.12 Å². The maximum Gasteiger partial charge on any atom is 0.488 e. The SMILES string of the molecule is Cc1cc(C(C)(C)C)c(B(O)O)cc1OCc1ccccc1. The molecule has 2 aromatic carbocycles. The van der Waals surface area contributed by atoms with Gasteiger partial charge in [-0.15, -0.1) is 0 Å². The van der Waals surface area contributed by atoms with Gasteiger partial charge in [0.2, 0.25) is 0 Å². The van der Waals surface area contributed by atoms with Gasteiger partial charge in [0.1, 0.15) is 12.4 Å². The van der Waals surface area contributed by atoms with E-state index in [2.05, 4.69) is 20.8 Å². The molecule has 0 radical (unpaired) electrons. The van der Waals surface area contributed by atoms with Gasteiger partial charge in [-0.2, -0.15) is 0 Å². The Hall–Kier alpha value is -1.78. The molecule has 2 aromatic rings. The largest absolute Gasteiger partial charge is 0.489 e. The molecule has 0 saturated carbocycles. The Morgan fingerprint density at radius 3 is 2.23 bits per heavy atom. The first-order chi connectivity index (χ1) is 10.3. The van der Waals surface area contributed by atoms with Gasteiger partial charge in [0.05, 0.1) is 0 Å². The Morgan fingerprint density at radius 2 is 1.68 bits per heavy atom. The molecule has 0 aliphatic rings. The van der Waals surface area contributed by atoms with Crippen LogP contribution >= 0.6 is 0 Å². The van der Waals surface area contributed by atoms with Crippen LogP contribution in [0.1, 0.15) is 37.5 Å². The summed E-state index contributed by atoms with van der Waals surface area (Å²) in [5.41, 5.74) is 3.33. The summed E-state index contributed by atoms with van der Waals surface area (Å²) < 4.78 is 5.86. The number of hydrogen-bond acceptors (Lipinski definition) is 3. The predicted octanol–water partition coefficient (Wildman–Crippen LogP) is 2.55. The highest BCUT2D eigenvalue weighted by Gasteiger charge is 2.25. The lowest BCUT2D eigenvalue weighted by Crippen LogP contribution is -2.37. The molecule has 0 aliphatic carbocycles. The van der Waals surface area contributed by atoms with Gasteiger partial charge in [0.25, 0.3) is 0 Å². The molecule has 0 aromatic heterocycles. The highest BCUT2D eigenvalue weighted by molar-refractivity contribution is 6.59. The topological polar surface area (TPSA) is 49.7 Å². The third-order valence-corrected chi connectivity index (χ3v) is 3.67. The van der Waals surface area contributed by atoms with Gasteiger partial charge in [0, 0.05) is 0 Å². The maximum atomic E-state index is 9.67. The van der Waals surface area contributed by atoms with Crippen LogP contribution in [-0.2, 0) is 12.0 Å². The minimum Gasteiger partial charge on any atom is -0.489 e. The van der Waals surface area contributed by atoms with Gasteiger partial charge in [-0.1, -0.05) is 57.2 Å². The fourth-order valence-corrected chi connectivity index (χ4v) is 2.46. The summed E-state index contributed by atoms with van der Waals surface area (Å²) in [7, 11) is -1.51. The van der Waals surface area contributed by atoms with Gasteiger partial charge in [0.15, 0.2) is 0 Å². The highest BCUT2D eigenvalue weighted by Crippen LogP contribution is 2.27. The molecule has 2 N–H and O–H groups in total. The van der Waals surface area contributed by atoms with Crippen molar-refractivity contribution >= 4 is 12.6 Å². The number of benzene rings is 2. The molecule has 0 heterocycles. The van der Waals surface area contributed by atoms with Crippen LogP contribution in [0.2, 0.25) is 0 Å². The number of rotatable bonds is 4. The molecule has 0 unspecified atom stereocenters. The standard InChI is InChI=1S/C18H23BO3/c1-13-10-15(18(2,3)4)16(19(20)21)11-17(13)22-12-14-8-6-5-7-9-14/h5-11,20-21H,12H2,1-4H3. The van der Waals surface area contributed by atoms with Crippen LogP contribution in [0.15, 0.2) is 42.5 Å². The van der Waals surface area contributed by atoms with E-state index in [1.165, 1.54) is 0 Å². The molecule has 4 heteroatoms. The first-order valence-electron chi connectivity index (χ1n) is 7.47. The fourth-order valence-electron chi connectivity index (χ4n) is 2.46. The zero-order valence-electron chi connectivity index (χ0n) is 13.6. The van der Waals surface area contributed by atoms with Gasteiger partial charge < -0.3 is 14.8 Å². The van der Waals surface area contributed by atoms with E-state index < -0.39 is 7.12 Å². The van der Waals surface area contributed by atoms with Crippen LogP contribution in [0.3, 0.4) is 0 Å². The number of aryl methyl sites for hydroxylation is 1. The molecule has 3 nitrogen and oxygen atoms in total. The zero-order valence-corrected chi connectivity index (χ0v) is 13.6. The summed E-state index contributed by atoms with van der Waals surface area (Å²) in [4.78, 5) is 0. The molecule has 0 atom stereocenters. The molecule has 0 amide bonds. The van der Waals surface area contributed by atoms with Crippen molar-refractivity contribution < 1.29 is 14.8 Å². The van der Waals surface area contributed by atoms with E-state index in [9.17, 15) is 10.0 Å². The number of hydrogen-bond donors (Lipinski definition) is 2. The van der Waals surface area contributed by atoms with Crippen LogP contribution in [0, 0.1) is 6.92 Å². The average molecular weight is 298 g/mol. The normalized spacial score (nSPS) is 11.4. The van der Waals surface area contributed by atoms with Crippen molar-refractivity contribution in [2.24, 2.45) is 0 Å². The highest BCUT2D eigenvalue weighted by atomic mass is 16.5.